The monoisotopic (exact) mass is 877 g/mol. The summed E-state index contributed by atoms with van der Waals surface area (Å²) in [5, 5.41) is 15.4. The minimum atomic E-state index is -4.58. The van der Waals surface area contributed by atoms with Gasteiger partial charge in [-0.3, -0.25) is 19.8 Å². The molecule has 2 atom stereocenters. The summed E-state index contributed by atoms with van der Waals surface area (Å²) < 4.78 is 50.3. The van der Waals surface area contributed by atoms with Gasteiger partial charge in [0.2, 0.25) is 0 Å². The van der Waals surface area contributed by atoms with Crippen LogP contribution in [0.4, 0.5) is 21.5 Å². The summed E-state index contributed by atoms with van der Waals surface area (Å²) in [4.78, 5) is 37.0. The van der Waals surface area contributed by atoms with Crippen molar-refractivity contribution in [3.8, 4) is 11.5 Å². The zero-order valence-electron chi connectivity index (χ0n) is 35.9. The Hall–Kier alpha value is -5.54. The smallest absolute Gasteiger partial charge is 0.293 e. The topological polar surface area (TPSA) is 163 Å². The number of ether oxygens (including phenoxy) is 1. The molecule has 3 aromatic carbocycles. The number of amides is 1. The van der Waals surface area contributed by atoms with Crippen LogP contribution in [-0.4, -0.2) is 72.9 Å². The molecule has 1 spiro atoms. The molecule has 2 saturated heterocycles. The Balaban J connectivity index is 0.912. The number of rotatable bonds is 13. The maximum atomic E-state index is 14.6. The van der Waals surface area contributed by atoms with Gasteiger partial charge in [0.25, 0.3) is 21.6 Å². The molecular formula is C48H56FN7O6S. The lowest BCUT2D eigenvalue weighted by Crippen LogP contribution is -2.63. The summed E-state index contributed by atoms with van der Waals surface area (Å²) in [6.07, 6.45) is 13.8. The van der Waals surface area contributed by atoms with E-state index in [1.807, 2.05) is 0 Å². The third kappa shape index (κ3) is 8.86. The predicted molar refractivity (Wildman–Crippen MR) is 242 cm³/mol. The highest BCUT2D eigenvalue weighted by atomic mass is 32.2. The molecule has 9 rings (SSSR count). The number of pyridine rings is 1. The van der Waals surface area contributed by atoms with Crippen LogP contribution < -0.4 is 19.7 Å². The first-order valence-electron chi connectivity index (χ1n) is 22.5. The largest absolute Gasteiger partial charge is 0.455 e. The molecular weight excluding hydrogens is 822 g/mol. The molecule has 0 bridgehead atoms. The van der Waals surface area contributed by atoms with E-state index in [0.29, 0.717) is 36.0 Å². The number of hydrogen-bond donors (Lipinski definition) is 3. The Kier molecular flexibility index (Phi) is 11.9. The second-order valence-corrected chi connectivity index (χ2v) is 20.2. The van der Waals surface area contributed by atoms with E-state index in [1.165, 1.54) is 73.5 Å². The van der Waals surface area contributed by atoms with Gasteiger partial charge in [0.15, 0.2) is 0 Å². The van der Waals surface area contributed by atoms with Crippen molar-refractivity contribution in [3.05, 3.63) is 112 Å². The van der Waals surface area contributed by atoms with E-state index in [2.05, 4.69) is 67.9 Å². The quantitative estimate of drug-likeness (QED) is 0.0767. The highest BCUT2D eigenvalue weighted by Gasteiger charge is 2.49. The fourth-order valence-corrected chi connectivity index (χ4v) is 11.7. The second-order valence-electron chi connectivity index (χ2n) is 18.5. The number of nitro groups is 1. The van der Waals surface area contributed by atoms with Crippen molar-refractivity contribution < 1.29 is 27.3 Å². The molecule has 15 heteroatoms. The third-order valence-electron chi connectivity index (χ3n) is 14.1. The Morgan fingerprint density at radius 3 is 2.54 bits per heavy atom. The molecule has 2 aliphatic carbocycles. The maximum absolute atomic E-state index is 14.6. The molecule has 4 aliphatic rings. The molecule has 2 aliphatic heterocycles. The van der Waals surface area contributed by atoms with Gasteiger partial charge >= 0.3 is 0 Å². The number of anilines is 2. The van der Waals surface area contributed by atoms with Crippen LogP contribution in [0.15, 0.2) is 84.0 Å². The molecule has 2 aromatic heterocycles. The van der Waals surface area contributed by atoms with Gasteiger partial charge < -0.3 is 19.9 Å². The Bertz CT molecular complexity index is 2610. The molecule has 3 N–H and O–H groups in total. The number of carbonyl (C=O) groups is 1. The third-order valence-corrected chi connectivity index (χ3v) is 15.5. The van der Waals surface area contributed by atoms with Gasteiger partial charge in [-0.15, -0.1) is 0 Å². The first kappa shape index (κ1) is 42.7. The number of aromatic nitrogens is 2. The SMILES string of the molecule is CC(C)c1ccccc1[C@@H]1CCC[C@@H]1N1CC2(CCN(c3ccc(C(=O)NS(=O)(=O)c4ccc(NCC5CCCCC5)c([N+](=O)[O-])c4)c(Oc4cnc5[nH]cc(F)c5c4)c3)CC2)C1. The Labute approximate surface area is 368 Å². The summed E-state index contributed by atoms with van der Waals surface area (Å²) in [5.41, 5.74) is 4.07. The Morgan fingerprint density at radius 2 is 1.78 bits per heavy atom. The van der Waals surface area contributed by atoms with Crippen LogP contribution in [0, 0.1) is 27.3 Å². The van der Waals surface area contributed by atoms with E-state index in [9.17, 15) is 27.7 Å². The van der Waals surface area contributed by atoms with Crippen LogP contribution in [0.1, 0.15) is 111 Å². The zero-order valence-corrected chi connectivity index (χ0v) is 36.8. The lowest BCUT2D eigenvalue weighted by atomic mass is 9.70. The van der Waals surface area contributed by atoms with Gasteiger partial charge in [-0.1, -0.05) is 63.8 Å². The van der Waals surface area contributed by atoms with Crippen molar-refractivity contribution >= 4 is 44.0 Å². The molecule has 63 heavy (non-hydrogen) atoms. The highest BCUT2D eigenvalue weighted by molar-refractivity contribution is 7.90. The van der Waals surface area contributed by atoms with Crippen LogP contribution >= 0.6 is 0 Å². The number of nitrogens with one attached hydrogen (secondary N) is 3. The van der Waals surface area contributed by atoms with Crippen molar-refractivity contribution in [1.82, 2.24) is 19.6 Å². The Morgan fingerprint density at radius 1 is 1.00 bits per heavy atom. The average Bonchev–Trinajstić information content (AvgIpc) is 3.91. The molecule has 5 aromatic rings. The molecule has 332 valence electrons. The lowest BCUT2D eigenvalue weighted by molar-refractivity contribution is -0.384. The van der Waals surface area contributed by atoms with E-state index < -0.39 is 37.3 Å². The molecule has 4 fully saturated rings. The van der Waals surface area contributed by atoms with E-state index in [4.69, 9.17) is 4.74 Å². The van der Waals surface area contributed by atoms with Crippen molar-refractivity contribution in [2.75, 3.05) is 42.9 Å². The first-order valence-corrected chi connectivity index (χ1v) is 24.0. The maximum Gasteiger partial charge on any atom is 0.293 e. The van der Waals surface area contributed by atoms with Crippen molar-refractivity contribution in [2.24, 2.45) is 11.3 Å². The van der Waals surface area contributed by atoms with E-state index in [0.717, 1.165) is 76.5 Å². The van der Waals surface area contributed by atoms with Crippen LogP contribution in [0.3, 0.4) is 0 Å². The van der Waals surface area contributed by atoms with Gasteiger partial charge in [-0.2, -0.15) is 0 Å². The number of sulfonamides is 1. The number of likely N-dealkylation sites (tertiary alicyclic amines) is 1. The van der Waals surface area contributed by atoms with Crippen LogP contribution in [0.5, 0.6) is 11.5 Å². The number of nitrogens with zero attached hydrogens (tertiary/aromatic N) is 4. The number of halogens is 1. The van der Waals surface area contributed by atoms with E-state index in [1.54, 1.807) is 12.1 Å². The summed E-state index contributed by atoms with van der Waals surface area (Å²) >= 11 is 0. The van der Waals surface area contributed by atoms with E-state index >= 15 is 0 Å². The fraction of sp³-hybridized carbons (Fsp3) is 0.458. The summed E-state index contributed by atoms with van der Waals surface area (Å²) in [7, 11) is -4.58. The zero-order chi connectivity index (χ0) is 43.9. The number of H-pyrrole nitrogens is 1. The molecule has 2 saturated carbocycles. The molecule has 0 unspecified atom stereocenters. The van der Waals surface area contributed by atoms with Gasteiger partial charge in [0.05, 0.1) is 27.0 Å². The van der Waals surface area contributed by atoms with Crippen LogP contribution in [-0.2, 0) is 10.0 Å². The number of benzene rings is 3. The van der Waals surface area contributed by atoms with Gasteiger partial charge in [-0.25, -0.2) is 22.5 Å². The molecule has 4 heterocycles. The minimum Gasteiger partial charge on any atom is -0.455 e. The van der Waals surface area contributed by atoms with E-state index in [-0.39, 0.29) is 33.6 Å². The van der Waals surface area contributed by atoms with Crippen LogP contribution in [0.25, 0.3) is 11.0 Å². The van der Waals surface area contributed by atoms with Crippen molar-refractivity contribution in [2.45, 2.75) is 101 Å². The number of fused-ring (bicyclic) bond motifs is 1. The van der Waals surface area contributed by atoms with Crippen molar-refractivity contribution in [1.29, 1.82) is 0 Å². The normalized spacial score (nSPS) is 20.5. The number of aromatic amines is 1. The minimum absolute atomic E-state index is 0.0506. The first-order chi connectivity index (χ1) is 30.4. The lowest BCUT2D eigenvalue weighted by Gasteiger charge is -2.57. The number of piperidine rings is 1. The average molecular weight is 878 g/mol. The van der Waals surface area contributed by atoms with Crippen LogP contribution in [0.2, 0.25) is 0 Å². The molecule has 1 amide bonds. The fourth-order valence-electron chi connectivity index (χ4n) is 10.7. The standard InChI is InChI=1S/C48H56FN7O6S/c1-31(2)36-11-6-7-12-37(36)38-13-8-14-43(38)55-29-48(30-55)19-21-54(22-20-48)33-15-17-39(45(23-33)62-34-24-40-41(49)28-52-46(40)51-27-34)47(57)53-63(60,61)35-16-18-42(44(25-35)56(58)59)50-26-32-9-4-3-5-10-32/h6-7,11-12,15-18,23-25,27-28,31-32,38,43,50H,3-5,8-10,13-14,19-22,26,29-30H2,1-2H3,(H,51,52)(H,53,57)/t38-,43-/m0/s1. The summed E-state index contributed by atoms with van der Waals surface area (Å²) in [6.45, 7) is 8.88. The van der Waals surface area contributed by atoms with Gasteiger partial charge in [0, 0.05) is 62.8 Å². The number of nitro benzene ring substituents is 1. The highest BCUT2D eigenvalue weighted by Crippen LogP contribution is 2.49. The van der Waals surface area contributed by atoms with Crippen molar-refractivity contribution in [3.63, 3.8) is 0 Å². The number of carbonyl (C=O) groups excluding carboxylic acids is 1. The van der Waals surface area contributed by atoms with Gasteiger partial charge in [-0.05, 0) is 103 Å². The predicted octanol–water partition coefficient (Wildman–Crippen LogP) is 9.88. The molecule has 13 nitrogen and oxygen atoms in total. The van der Waals surface area contributed by atoms with Gasteiger partial charge in [0.1, 0.15) is 28.7 Å². The summed E-state index contributed by atoms with van der Waals surface area (Å²) in [6, 6.07) is 19.6. The second kappa shape index (κ2) is 17.6. The summed E-state index contributed by atoms with van der Waals surface area (Å²) in [5.74, 6) is 0.126. The molecule has 0 radical (unpaired) electrons. The number of hydrogen-bond acceptors (Lipinski definition) is 10.